The van der Waals surface area contributed by atoms with Crippen LogP contribution in [0.2, 0.25) is 0 Å². The van der Waals surface area contributed by atoms with Crippen LogP contribution < -0.4 is 11.1 Å². The predicted octanol–water partition coefficient (Wildman–Crippen LogP) is 2.72. The Hall–Kier alpha value is -0.510. The van der Waals surface area contributed by atoms with E-state index in [4.69, 9.17) is 5.73 Å². The summed E-state index contributed by atoms with van der Waals surface area (Å²) in [5, 5.41) is 4.17. The van der Waals surface area contributed by atoms with Crippen molar-refractivity contribution in [3.05, 3.63) is 29.8 Å². The van der Waals surface area contributed by atoms with Crippen molar-refractivity contribution in [2.24, 2.45) is 5.73 Å². The van der Waals surface area contributed by atoms with E-state index in [1.165, 1.54) is 23.3 Å². The SMILES string of the molecule is CC(C)(N)c1ccc(SC2CCNCC2)cc1. The maximum absolute atomic E-state index is 6.08. The van der Waals surface area contributed by atoms with E-state index in [0.717, 1.165) is 18.3 Å². The number of hydrogen-bond donors (Lipinski definition) is 2. The molecule has 0 aromatic heterocycles. The van der Waals surface area contributed by atoms with E-state index in [0.29, 0.717) is 0 Å². The van der Waals surface area contributed by atoms with Crippen molar-refractivity contribution in [3.63, 3.8) is 0 Å². The lowest BCUT2D eigenvalue weighted by molar-refractivity contribution is 0.531. The van der Waals surface area contributed by atoms with E-state index in [1.54, 1.807) is 0 Å². The summed E-state index contributed by atoms with van der Waals surface area (Å²) in [6.07, 6.45) is 2.55. The predicted molar refractivity (Wildman–Crippen MR) is 75.4 cm³/mol. The molecule has 3 N–H and O–H groups in total. The molecular formula is C14H22N2S. The number of nitrogens with one attached hydrogen (secondary N) is 1. The van der Waals surface area contributed by atoms with Crippen LogP contribution in [0.15, 0.2) is 29.2 Å². The highest BCUT2D eigenvalue weighted by atomic mass is 32.2. The lowest BCUT2D eigenvalue weighted by Crippen LogP contribution is -2.29. The summed E-state index contributed by atoms with van der Waals surface area (Å²) in [7, 11) is 0. The van der Waals surface area contributed by atoms with Crippen molar-refractivity contribution in [1.82, 2.24) is 5.32 Å². The van der Waals surface area contributed by atoms with Crippen LogP contribution in [0.25, 0.3) is 0 Å². The first-order valence-corrected chi connectivity index (χ1v) is 7.20. The van der Waals surface area contributed by atoms with Gasteiger partial charge in [-0.25, -0.2) is 0 Å². The molecule has 1 aromatic rings. The molecule has 0 atom stereocenters. The molecular weight excluding hydrogens is 228 g/mol. The van der Waals surface area contributed by atoms with Crippen LogP contribution in [-0.2, 0) is 5.54 Å². The Morgan fingerprint density at radius 3 is 2.29 bits per heavy atom. The van der Waals surface area contributed by atoms with Crippen molar-refractivity contribution in [3.8, 4) is 0 Å². The fourth-order valence-electron chi connectivity index (χ4n) is 2.07. The van der Waals surface area contributed by atoms with Crippen molar-refractivity contribution < 1.29 is 0 Å². The van der Waals surface area contributed by atoms with Gasteiger partial charge in [-0.05, 0) is 57.5 Å². The summed E-state index contributed by atoms with van der Waals surface area (Å²) < 4.78 is 0. The van der Waals surface area contributed by atoms with Gasteiger partial charge >= 0.3 is 0 Å². The van der Waals surface area contributed by atoms with E-state index in [1.807, 2.05) is 25.6 Å². The minimum atomic E-state index is -0.238. The molecule has 17 heavy (non-hydrogen) atoms. The number of rotatable bonds is 3. The van der Waals surface area contributed by atoms with Crippen molar-refractivity contribution in [2.45, 2.75) is 42.4 Å². The third-order valence-electron chi connectivity index (χ3n) is 3.19. The summed E-state index contributed by atoms with van der Waals surface area (Å²) in [5.74, 6) is 0. The van der Waals surface area contributed by atoms with Crippen LogP contribution in [0.1, 0.15) is 32.3 Å². The Labute approximate surface area is 108 Å². The Morgan fingerprint density at radius 1 is 1.18 bits per heavy atom. The lowest BCUT2D eigenvalue weighted by Gasteiger charge is -2.23. The van der Waals surface area contributed by atoms with Gasteiger partial charge in [0.1, 0.15) is 0 Å². The summed E-state index contributed by atoms with van der Waals surface area (Å²) >= 11 is 2.00. The zero-order valence-electron chi connectivity index (χ0n) is 10.7. The van der Waals surface area contributed by atoms with Gasteiger partial charge in [-0.15, -0.1) is 11.8 Å². The van der Waals surface area contributed by atoms with Crippen LogP contribution >= 0.6 is 11.8 Å². The van der Waals surface area contributed by atoms with Crippen LogP contribution in [0.4, 0.5) is 0 Å². The molecule has 1 heterocycles. The fraction of sp³-hybridized carbons (Fsp3) is 0.571. The Kier molecular flexibility index (Phi) is 4.13. The van der Waals surface area contributed by atoms with Crippen LogP contribution in [0.3, 0.4) is 0 Å². The molecule has 0 aliphatic carbocycles. The molecule has 0 amide bonds. The standard InChI is InChI=1S/C14H22N2S/c1-14(2,15)11-3-5-12(6-4-11)17-13-7-9-16-10-8-13/h3-6,13,16H,7-10,15H2,1-2H3. The zero-order valence-corrected chi connectivity index (χ0v) is 11.5. The maximum atomic E-state index is 6.08. The molecule has 0 unspecified atom stereocenters. The van der Waals surface area contributed by atoms with E-state index in [9.17, 15) is 0 Å². The molecule has 0 spiro atoms. The molecule has 94 valence electrons. The van der Waals surface area contributed by atoms with Gasteiger partial charge in [-0.3, -0.25) is 0 Å². The number of hydrogen-bond acceptors (Lipinski definition) is 3. The molecule has 0 saturated carbocycles. The normalized spacial score (nSPS) is 18.3. The number of benzene rings is 1. The van der Waals surface area contributed by atoms with Gasteiger partial charge < -0.3 is 11.1 Å². The highest BCUT2D eigenvalue weighted by Gasteiger charge is 2.16. The van der Waals surface area contributed by atoms with Gasteiger partial charge in [0.15, 0.2) is 0 Å². The second-order valence-corrected chi connectivity index (χ2v) is 6.69. The average Bonchev–Trinajstić information content (AvgIpc) is 2.30. The number of nitrogens with two attached hydrogens (primary N) is 1. The minimum Gasteiger partial charge on any atom is -0.322 e. The molecule has 1 aliphatic heterocycles. The van der Waals surface area contributed by atoms with Crippen molar-refractivity contribution in [2.75, 3.05) is 13.1 Å². The summed E-state index contributed by atoms with van der Waals surface area (Å²) in [4.78, 5) is 1.37. The van der Waals surface area contributed by atoms with E-state index >= 15 is 0 Å². The molecule has 0 bridgehead atoms. The molecule has 1 aliphatic rings. The second kappa shape index (κ2) is 5.42. The monoisotopic (exact) mass is 250 g/mol. The Morgan fingerprint density at radius 2 is 1.76 bits per heavy atom. The summed E-state index contributed by atoms with van der Waals surface area (Å²) in [6.45, 7) is 6.40. The van der Waals surface area contributed by atoms with Crippen LogP contribution in [-0.4, -0.2) is 18.3 Å². The van der Waals surface area contributed by atoms with Gasteiger partial charge in [-0.1, -0.05) is 12.1 Å². The quantitative estimate of drug-likeness (QED) is 0.866. The molecule has 1 saturated heterocycles. The first-order valence-electron chi connectivity index (χ1n) is 6.32. The van der Waals surface area contributed by atoms with Gasteiger partial charge in [-0.2, -0.15) is 0 Å². The average molecular weight is 250 g/mol. The number of piperidine rings is 1. The largest absolute Gasteiger partial charge is 0.322 e. The molecule has 2 nitrogen and oxygen atoms in total. The first kappa shape index (κ1) is 12.9. The van der Waals surface area contributed by atoms with E-state index in [2.05, 4.69) is 29.6 Å². The molecule has 3 heteroatoms. The van der Waals surface area contributed by atoms with Crippen LogP contribution in [0.5, 0.6) is 0 Å². The number of thioether (sulfide) groups is 1. The van der Waals surface area contributed by atoms with E-state index in [-0.39, 0.29) is 5.54 Å². The fourth-order valence-corrected chi connectivity index (χ4v) is 3.22. The molecule has 1 aromatic carbocycles. The third-order valence-corrected chi connectivity index (χ3v) is 4.54. The molecule has 2 rings (SSSR count). The second-order valence-electron chi connectivity index (χ2n) is 5.31. The minimum absolute atomic E-state index is 0.238. The maximum Gasteiger partial charge on any atom is 0.0352 e. The molecule has 0 radical (unpaired) electrons. The Balaban J connectivity index is 1.98. The summed E-state index contributed by atoms with van der Waals surface area (Å²) in [5.41, 5.74) is 7.04. The van der Waals surface area contributed by atoms with Gasteiger partial charge in [0.25, 0.3) is 0 Å². The highest BCUT2D eigenvalue weighted by Crippen LogP contribution is 2.29. The smallest absolute Gasteiger partial charge is 0.0352 e. The third kappa shape index (κ3) is 3.73. The van der Waals surface area contributed by atoms with Crippen LogP contribution in [0, 0.1) is 0 Å². The van der Waals surface area contributed by atoms with Gasteiger partial charge in [0.05, 0.1) is 0 Å². The van der Waals surface area contributed by atoms with Gasteiger partial charge in [0, 0.05) is 15.7 Å². The molecule has 1 fully saturated rings. The summed E-state index contributed by atoms with van der Waals surface area (Å²) in [6, 6.07) is 8.72. The highest BCUT2D eigenvalue weighted by molar-refractivity contribution is 8.00. The van der Waals surface area contributed by atoms with E-state index < -0.39 is 0 Å². The topological polar surface area (TPSA) is 38.0 Å². The Bertz CT molecular complexity index is 347. The van der Waals surface area contributed by atoms with Gasteiger partial charge in [0.2, 0.25) is 0 Å². The first-order chi connectivity index (χ1) is 8.05. The lowest BCUT2D eigenvalue weighted by atomic mass is 9.96. The zero-order chi connectivity index (χ0) is 12.3. The van der Waals surface area contributed by atoms with Crippen molar-refractivity contribution in [1.29, 1.82) is 0 Å². The van der Waals surface area contributed by atoms with Crippen molar-refractivity contribution >= 4 is 11.8 Å².